The second kappa shape index (κ2) is 7.44. The third-order valence-electron chi connectivity index (χ3n) is 2.97. The first kappa shape index (κ1) is 13.4. The molecular weight excluding hydrogens is 246 g/mol. The fourth-order valence-corrected chi connectivity index (χ4v) is 2.78. The van der Waals surface area contributed by atoms with Gasteiger partial charge in [0.25, 0.3) is 0 Å². The van der Waals surface area contributed by atoms with Crippen LogP contribution >= 0.6 is 11.8 Å². The van der Waals surface area contributed by atoms with Crippen LogP contribution in [0.2, 0.25) is 0 Å². The molecule has 0 unspecified atom stereocenters. The second-order valence-electron chi connectivity index (χ2n) is 4.28. The van der Waals surface area contributed by atoms with Gasteiger partial charge in [0.15, 0.2) is 0 Å². The van der Waals surface area contributed by atoms with Crippen LogP contribution in [0.25, 0.3) is 0 Å². The molecule has 1 fully saturated rings. The van der Waals surface area contributed by atoms with Gasteiger partial charge in [0.05, 0.1) is 19.0 Å². The molecule has 0 bridgehead atoms. The van der Waals surface area contributed by atoms with Crippen LogP contribution in [0.1, 0.15) is 5.56 Å². The third kappa shape index (κ3) is 4.35. The Hall–Kier alpha value is -1.00. The first-order valence-corrected chi connectivity index (χ1v) is 7.49. The number of hydrogen-bond acceptors (Lipinski definition) is 3. The Balaban J connectivity index is 1.61. The van der Waals surface area contributed by atoms with E-state index in [9.17, 15) is 4.79 Å². The number of hydrogen-bond donors (Lipinski definition) is 0. The molecule has 1 aromatic carbocycles. The third-order valence-corrected chi connectivity index (χ3v) is 3.91. The van der Waals surface area contributed by atoms with Gasteiger partial charge >= 0.3 is 0 Å². The summed E-state index contributed by atoms with van der Waals surface area (Å²) in [7, 11) is 0. The Labute approximate surface area is 113 Å². The summed E-state index contributed by atoms with van der Waals surface area (Å²) in [4.78, 5) is 13.8. The minimum absolute atomic E-state index is 0.247. The molecule has 0 atom stereocenters. The van der Waals surface area contributed by atoms with Gasteiger partial charge in [0.2, 0.25) is 5.91 Å². The average Bonchev–Trinajstić information content (AvgIpc) is 2.45. The summed E-state index contributed by atoms with van der Waals surface area (Å²) in [5, 5.41) is 0. The first-order chi connectivity index (χ1) is 8.86. The highest BCUT2D eigenvalue weighted by Gasteiger charge is 2.16. The first-order valence-electron chi connectivity index (χ1n) is 6.33. The lowest BCUT2D eigenvalue weighted by Gasteiger charge is -2.26. The van der Waals surface area contributed by atoms with Crippen LogP contribution < -0.4 is 0 Å². The zero-order valence-corrected chi connectivity index (χ0v) is 11.3. The molecule has 1 heterocycles. The molecule has 1 aliphatic heterocycles. The number of carbonyl (C=O) groups excluding carboxylic acids is 1. The van der Waals surface area contributed by atoms with E-state index in [1.807, 2.05) is 11.0 Å². The number of benzene rings is 1. The fourth-order valence-electron chi connectivity index (χ4n) is 1.90. The zero-order valence-electron chi connectivity index (χ0n) is 10.5. The van der Waals surface area contributed by atoms with Gasteiger partial charge < -0.3 is 9.64 Å². The Morgan fingerprint density at radius 1 is 1.22 bits per heavy atom. The van der Waals surface area contributed by atoms with Crippen molar-refractivity contribution in [3.63, 3.8) is 0 Å². The number of aryl methyl sites for hydroxylation is 1. The lowest BCUT2D eigenvalue weighted by Crippen LogP contribution is -2.41. The van der Waals surface area contributed by atoms with Crippen LogP contribution in [0, 0.1) is 0 Å². The van der Waals surface area contributed by atoms with Gasteiger partial charge in [-0.1, -0.05) is 30.3 Å². The smallest absolute Gasteiger partial charge is 0.232 e. The molecule has 0 radical (unpaired) electrons. The second-order valence-corrected chi connectivity index (χ2v) is 5.39. The van der Waals surface area contributed by atoms with Crippen molar-refractivity contribution >= 4 is 17.7 Å². The van der Waals surface area contributed by atoms with Gasteiger partial charge in [-0.3, -0.25) is 4.79 Å². The minimum atomic E-state index is 0.247. The molecule has 0 spiro atoms. The maximum atomic E-state index is 11.9. The van der Waals surface area contributed by atoms with Gasteiger partial charge in [0.1, 0.15) is 0 Å². The molecular formula is C14H19NO2S. The number of amides is 1. The van der Waals surface area contributed by atoms with Crippen molar-refractivity contribution in [2.75, 3.05) is 37.8 Å². The van der Waals surface area contributed by atoms with Crippen LogP contribution in [0.15, 0.2) is 30.3 Å². The summed E-state index contributed by atoms with van der Waals surface area (Å²) in [6.45, 7) is 2.86. The highest BCUT2D eigenvalue weighted by atomic mass is 32.2. The molecule has 0 aliphatic carbocycles. The Kier molecular flexibility index (Phi) is 5.55. The molecule has 1 aliphatic rings. The molecule has 3 nitrogen and oxygen atoms in total. The van der Waals surface area contributed by atoms with Gasteiger partial charge in [-0.15, -0.1) is 0 Å². The van der Waals surface area contributed by atoms with Crippen molar-refractivity contribution in [2.45, 2.75) is 6.42 Å². The predicted octanol–water partition coefficient (Wildman–Crippen LogP) is 1.82. The van der Waals surface area contributed by atoms with E-state index in [0.29, 0.717) is 19.0 Å². The van der Waals surface area contributed by atoms with Crippen molar-refractivity contribution < 1.29 is 9.53 Å². The van der Waals surface area contributed by atoms with E-state index in [2.05, 4.69) is 24.3 Å². The van der Waals surface area contributed by atoms with E-state index >= 15 is 0 Å². The summed E-state index contributed by atoms with van der Waals surface area (Å²) in [6, 6.07) is 10.4. The zero-order chi connectivity index (χ0) is 12.6. The van der Waals surface area contributed by atoms with E-state index in [1.54, 1.807) is 11.8 Å². The lowest BCUT2D eigenvalue weighted by atomic mass is 10.2. The van der Waals surface area contributed by atoms with Crippen molar-refractivity contribution in [1.29, 1.82) is 0 Å². The van der Waals surface area contributed by atoms with Crippen LogP contribution in [-0.4, -0.2) is 48.6 Å². The van der Waals surface area contributed by atoms with E-state index in [4.69, 9.17) is 4.74 Å². The summed E-state index contributed by atoms with van der Waals surface area (Å²) < 4.78 is 5.23. The van der Waals surface area contributed by atoms with Crippen LogP contribution in [0.5, 0.6) is 0 Å². The van der Waals surface area contributed by atoms with Gasteiger partial charge in [-0.25, -0.2) is 0 Å². The summed E-state index contributed by atoms with van der Waals surface area (Å²) in [6.07, 6.45) is 1.03. The molecule has 1 saturated heterocycles. The molecule has 0 N–H and O–H groups in total. The van der Waals surface area contributed by atoms with Crippen molar-refractivity contribution in [2.24, 2.45) is 0 Å². The standard InChI is InChI=1S/C14H19NO2S/c16-14(15-7-9-17-10-8-15)12-18-11-6-13-4-2-1-3-5-13/h1-5H,6-12H2. The monoisotopic (exact) mass is 265 g/mol. The number of nitrogens with zero attached hydrogens (tertiary/aromatic N) is 1. The number of carbonyl (C=O) groups is 1. The summed E-state index contributed by atoms with van der Waals surface area (Å²) in [5.41, 5.74) is 1.34. The number of morpholine rings is 1. The van der Waals surface area contributed by atoms with E-state index < -0.39 is 0 Å². The average molecular weight is 265 g/mol. The number of ether oxygens (including phenoxy) is 1. The van der Waals surface area contributed by atoms with Crippen molar-refractivity contribution in [3.05, 3.63) is 35.9 Å². The molecule has 18 heavy (non-hydrogen) atoms. The predicted molar refractivity (Wildman–Crippen MR) is 74.9 cm³/mol. The Bertz CT molecular complexity index is 363. The minimum Gasteiger partial charge on any atom is -0.378 e. The highest BCUT2D eigenvalue weighted by Crippen LogP contribution is 2.09. The summed E-state index contributed by atoms with van der Waals surface area (Å²) in [5.74, 6) is 1.84. The maximum absolute atomic E-state index is 11.9. The van der Waals surface area contributed by atoms with Crippen LogP contribution in [-0.2, 0) is 16.0 Å². The molecule has 0 saturated carbocycles. The number of rotatable bonds is 5. The normalized spacial score (nSPS) is 15.7. The van der Waals surface area contributed by atoms with Crippen LogP contribution in [0.3, 0.4) is 0 Å². The van der Waals surface area contributed by atoms with Crippen molar-refractivity contribution in [1.82, 2.24) is 4.90 Å². The van der Waals surface area contributed by atoms with E-state index in [0.717, 1.165) is 25.3 Å². The largest absolute Gasteiger partial charge is 0.378 e. The molecule has 4 heteroatoms. The van der Waals surface area contributed by atoms with Crippen molar-refractivity contribution in [3.8, 4) is 0 Å². The fraction of sp³-hybridized carbons (Fsp3) is 0.500. The Morgan fingerprint density at radius 2 is 1.94 bits per heavy atom. The molecule has 1 aromatic rings. The number of thioether (sulfide) groups is 1. The molecule has 0 aromatic heterocycles. The molecule has 98 valence electrons. The molecule has 2 rings (SSSR count). The quantitative estimate of drug-likeness (QED) is 0.761. The van der Waals surface area contributed by atoms with Gasteiger partial charge in [-0.2, -0.15) is 11.8 Å². The Morgan fingerprint density at radius 3 is 2.67 bits per heavy atom. The van der Waals surface area contributed by atoms with Gasteiger partial charge in [-0.05, 0) is 17.7 Å². The van der Waals surface area contributed by atoms with E-state index in [-0.39, 0.29) is 5.91 Å². The topological polar surface area (TPSA) is 29.5 Å². The maximum Gasteiger partial charge on any atom is 0.232 e. The van der Waals surface area contributed by atoms with Crippen LogP contribution in [0.4, 0.5) is 0 Å². The summed E-state index contributed by atoms with van der Waals surface area (Å²) >= 11 is 1.72. The highest BCUT2D eigenvalue weighted by molar-refractivity contribution is 7.99. The van der Waals surface area contributed by atoms with E-state index in [1.165, 1.54) is 5.56 Å². The van der Waals surface area contributed by atoms with Gasteiger partial charge in [0, 0.05) is 13.1 Å². The molecule has 1 amide bonds. The SMILES string of the molecule is O=C(CSCCc1ccccc1)N1CCOCC1. The lowest BCUT2D eigenvalue weighted by molar-refractivity contribution is -0.132.